The number of aromatic nitrogens is 1. The summed E-state index contributed by atoms with van der Waals surface area (Å²) in [6.45, 7) is 4.72. The van der Waals surface area contributed by atoms with E-state index in [-0.39, 0.29) is 5.52 Å². The Kier molecular flexibility index (Phi) is 3.75. The van der Waals surface area contributed by atoms with Gasteiger partial charge in [-0.05, 0) is 31.5 Å². The molecule has 2 nitrogen and oxygen atoms in total. The molecule has 0 aliphatic heterocycles. The number of aryl methyl sites for hydroxylation is 1. The summed E-state index contributed by atoms with van der Waals surface area (Å²) in [4.78, 5) is 4.21. The van der Waals surface area contributed by atoms with E-state index >= 15 is 0 Å². The van der Waals surface area contributed by atoms with Crippen molar-refractivity contribution in [1.82, 2.24) is 4.98 Å². The molecule has 0 amide bonds. The first kappa shape index (κ1) is 12.7. The fourth-order valence-corrected chi connectivity index (χ4v) is 2.01. The second-order valence-electron chi connectivity index (χ2n) is 4.20. The Morgan fingerprint density at radius 2 is 2.00 bits per heavy atom. The van der Waals surface area contributed by atoms with Crippen molar-refractivity contribution in [3.8, 4) is 0 Å². The molecule has 4 heteroatoms. The highest BCUT2D eigenvalue weighted by Crippen LogP contribution is 2.27. The Morgan fingerprint density at radius 3 is 2.67 bits per heavy atom. The van der Waals surface area contributed by atoms with Gasteiger partial charge in [0.25, 0.3) is 0 Å². The van der Waals surface area contributed by atoms with Gasteiger partial charge in [0.15, 0.2) is 11.6 Å². The number of nitrogens with zero attached hydrogens (tertiary/aromatic N) is 1. The summed E-state index contributed by atoms with van der Waals surface area (Å²) < 4.78 is 27.0. The molecule has 96 valence electrons. The summed E-state index contributed by atoms with van der Waals surface area (Å²) >= 11 is 0. The van der Waals surface area contributed by atoms with Crippen molar-refractivity contribution in [3.05, 3.63) is 35.5 Å². The van der Waals surface area contributed by atoms with Crippen LogP contribution in [0.15, 0.2) is 18.2 Å². The van der Waals surface area contributed by atoms with Crippen LogP contribution in [0, 0.1) is 11.6 Å². The highest BCUT2D eigenvalue weighted by molar-refractivity contribution is 5.91. The zero-order valence-corrected chi connectivity index (χ0v) is 10.6. The Balaban J connectivity index is 2.68. The molecule has 0 spiro atoms. The van der Waals surface area contributed by atoms with Gasteiger partial charge in [0.05, 0.1) is 0 Å². The fourth-order valence-electron chi connectivity index (χ4n) is 2.01. The lowest BCUT2D eigenvalue weighted by Gasteiger charge is -2.11. The van der Waals surface area contributed by atoms with Crippen LogP contribution in [-0.4, -0.2) is 11.5 Å². The molecular weight excluding hydrogens is 234 g/mol. The second-order valence-corrected chi connectivity index (χ2v) is 4.20. The van der Waals surface area contributed by atoms with Crippen LogP contribution in [0.4, 0.5) is 14.5 Å². The second kappa shape index (κ2) is 5.29. The SMILES string of the molecule is CCCc1cc(NCC)c2ccc(F)c(F)c2n1. The fraction of sp³-hybridized carbons (Fsp3) is 0.357. The molecule has 0 aliphatic rings. The molecule has 18 heavy (non-hydrogen) atoms. The maximum atomic E-state index is 13.8. The van der Waals surface area contributed by atoms with E-state index in [0.717, 1.165) is 36.8 Å². The van der Waals surface area contributed by atoms with Crippen molar-refractivity contribution in [3.63, 3.8) is 0 Å². The summed E-state index contributed by atoms with van der Waals surface area (Å²) in [6, 6.07) is 4.61. The molecule has 2 aromatic rings. The van der Waals surface area contributed by atoms with Crippen molar-refractivity contribution in [1.29, 1.82) is 0 Å². The highest BCUT2D eigenvalue weighted by atomic mass is 19.2. The molecule has 0 saturated heterocycles. The number of pyridine rings is 1. The van der Waals surface area contributed by atoms with Gasteiger partial charge < -0.3 is 5.32 Å². The first-order chi connectivity index (χ1) is 8.67. The number of benzene rings is 1. The zero-order chi connectivity index (χ0) is 13.1. The van der Waals surface area contributed by atoms with Crippen LogP contribution in [0.2, 0.25) is 0 Å². The summed E-state index contributed by atoms with van der Waals surface area (Å²) in [5.74, 6) is -1.73. The van der Waals surface area contributed by atoms with Gasteiger partial charge in [-0.2, -0.15) is 0 Å². The largest absolute Gasteiger partial charge is 0.385 e. The lowest BCUT2D eigenvalue weighted by atomic mass is 10.1. The smallest absolute Gasteiger partial charge is 0.185 e. The average Bonchev–Trinajstić information content (AvgIpc) is 2.35. The van der Waals surface area contributed by atoms with Crippen LogP contribution < -0.4 is 5.32 Å². The molecule has 2 rings (SSSR count). The molecule has 0 saturated carbocycles. The Hall–Kier alpha value is -1.71. The Morgan fingerprint density at radius 1 is 1.22 bits per heavy atom. The van der Waals surface area contributed by atoms with Gasteiger partial charge in [0.1, 0.15) is 5.52 Å². The van der Waals surface area contributed by atoms with E-state index in [1.54, 1.807) is 6.07 Å². The molecule has 0 unspecified atom stereocenters. The lowest BCUT2D eigenvalue weighted by molar-refractivity contribution is 0.515. The van der Waals surface area contributed by atoms with Crippen molar-refractivity contribution in [2.24, 2.45) is 0 Å². The number of hydrogen-bond donors (Lipinski definition) is 1. The van der Waals surface area contributed by atoms with Crippen LogP contribution in [0.25, 0.3) is 10.9 Å². The predicted molar refractivity (Wildman–Crippen MR) is 69.8 cm³/mol. The Bertz CT molecular complexity index is 567. The summed E-state index contributed by atoms with van der Waals surface area (Å²) in [6.07, 6.45) is 1.67. The zero-order valence-electron chi connectivity index (χ0n) is 10.6. The van der Waals surface area contributed by atoms with Crippen molar-refractivity contribution < 1.29 is 8.78 Å². The molecule has 1 aromatic heterocycles. The van der Waals surface area contributed by atoms with Crippen LogP contribution in [0.3, 0.4) is 0 Å². The van der Waals surface area contributed by atoms with Crippen molar-refractivity contribution in [2.75, 3.05) is 11.9 Å². The summed E-state index contributed by atoms with van der Waals surface area (Å²) in [5.41, 5.74) is 1.70. The minimum atomic E-state index is -0.871. The molecule has 0 aliphatic carbocycles. The topological polar surface area (TPSA) is 24.9 Å². The monoisotopic (exact) mass is 250 g/mol. The molecule has 0 radical (unpaired) electrons. The molecule has 1 N–H and O–H groups in total. The number of rotatable bonds is 4. The van der Waals surface area contributed by atoms with Crippen LogP contribution in [0.5, 0.6) is 0 Å². The molecule has 0 fully saturated rings. The highest BCUT2D eigenvalue weighted by Gasteiger charge is 2.12. The minimum absolute atomic E-state index is 0.108. The first-order valence-electron chi connectivity index (χ1n) is 6.18. The van der Waals surface area contributed by atoms with E-state index in [9.17, 15) is 8.78 Å². The number of fused-ring (bicyclic) bond motifs is 1. The molecule has 0 atom stereocenters. The average molecular weight is 250 g/mol. The maximum Gasteiger partial charge on any atom is 0.185 e. The van der Waals surface area contributed by atoms with Gasteiger partial charge >= 0.3 is 0 Å². The third-order valence-electron chi connectivity index (χ3n) is 2.80. The third kappa shape index (κ3) is 2.28. The summed E-state index contributed by atoms with van der Waals surface area (Å²) in [7, 11) is 0. The lowest BCUT2D eigenvalue weighted by Crippen LogP contribution is -2.02. The van der Waals surface area contributed by atoms with Crippen molar-refractivity contribution >= 4 is 16.6 Å². The van der Waals surface area contributed by atoms with Crippen LogP contribution in [0.1, 0.15) is 26.0 Å². The van der Waals surface area contributed by atoms with Crippen molar-refractivity contribution in [2.45, 2.75) is 26.7 Å². The quantitative estimate of drug-likeness (QED) is 0.890. The Labute approximate surface area is 105 Å². The van der Waals surface area contributed by atoms with Gasteiger partial charge in [-0.1, -0.05) is 13.3 Å². The van der Waals surface area contributed by atoms with E-state index < -0.39 is 11.6 Å². The van der Waals surface area contributed by atoms with Gasteiger partial charge in [0.2, 0.25) is 0 Å². The number of nitrogens with one attached hydrogen (secondary N) is 1. The van der Waals surface area contributed by atoms with Crippen LogP contribution >= 0.6 is 0 Å². The normalized spacial score (nSPS) is 10.9. The summed E-state index contributed by atoms with van der Waals surface area (Å²) in [5, 5.41) is 3.79. The van der Waals surface area contributed by atoms with E-state index in [1.165, 1.54) is 0 Å². The molecular formula is C14H16F2N2. The van der Waals surface area contributed by atoms with E-state index in [0.29, 0.717) is 5.39 Å². The molecule has 1 heterocycles. The van der Waals surface area contributed by atoms with Gasteiger partial charge in [-0.15, -0.1) is 0 Å². The number of hydrogen-bond acceptors (Lipinski definition) is 2. The maximum absolute atomic E-state index is 13.8. The number of anilines is 1. The molecule has 0 bridgehead atoms. The van der Waals surface area contributed by atoms with Gasteiger partial charge in [-0.25, -0.2) is 13.8 Å². The van der Waals surface area contributed by atoms with E-state index in [1.807, 2.05) is 19.9 Å². The van der Waals surface area contributed by atoms with Crippen LogP contribution in [-0.2, 0) is 6.42 Å². The minimum Gasteiger partial charge on any atom is -0.385 e. The number of halogens is 2. The van der Waals surface area contributed by atoms with E-state index in [2.05, 4.69) is 10.3 Å². The predicted octanol–water partition coefficient (Wildman–Crippen LogP) is 3.90. The van der Waals surface area contributed by atoms with E-state index in [4.69, 9.17) is 0 Å². The third-order valence-corrected chi connectivity index (χ3v) is 2.80. The van der Waals surface area contributed by atoms with Gasteiger partial charge in [0, 0.05) is 23.3 Å². The standard InChI is InChI=1S/C14H16F2N2/c1-3-5-9-8-12(17-4-2)10-6-7-11(15)13(16)14(10)18-9/h6-8H,3-5H2,1-2H3,(H,17,18). The molecule has 1 aromatic carbocycles. The van der Waals surface area contributed by atoms with Gasteiger partial charge in [-0.3, -0.25) is 0 Å². The first-order valence-corrected chi connectivity index (χ1v) is 6.18.